The van der Waals surface area contributed by atoms with Crippen molar-refractivity contribution in [3.05, 3.63) is 193 Å². The van der Waals surface area contributed by atoms with Gasteiger partial charge in [0.05, 0.1) is 0 Å². The van der Waals surface area contributed by atoms with Gasteiger partial charge in [0.1, 0.15) is 0 Å². The molecule has 0 aliphatic heterocycles. The summed E-state index contributed by atoms with van der Waals surface area (Å²) < 4.78 is 2.70. The van der Waals surface area contributed by atoms with Crippen molar-refractivity contribution < 1.29 is 0 Å². The lowest BCUT2D eigenvalue weighted by Gasteiger charge is -2.23. The minimum atomic E-state index is -0.113. The molecule has 0 saturated carbocycles. The fourth-order valence-corrected chi connectivity index (χ4v) is 11.2. The predicted octanol–water partition coefficient (Wildman–Crippen LogP) is 16.0. The number of rotatable bonds is 3. The van der Waals surface area contributed by atoms with Crippen molar-refractivity contribution in [1.29, 1.82) is 0 Å². The smallest absolute Gasteiger partial charge is 0.0358 e. The Balaban J connectivity index is 1.06. The molecule has 1 aromatic heterocycles. The Morgan fingerprint density at radius 2 is 0.929 bits per heavy atom. The van der Waals surface area contributed by atoms with Crippen LogP contribution in [0, 0.1) is 0 Å². The van der Waals surface area contributed by atoms with Crippen molar-refractivity contribution in [3.63, 3.8) is 0 Å². The van der Waals surface area contributed by atoms with Crippen LogP contribution in [0.15, 0.2) is 182 Å². The van der Waals surface area contributed by atoms with Crippen LogP contribution >= 0.6 is 11.3 Å². The van der Waals surface area contributed by atoms with Crippen LogP contribution in [-0.2, 0) is 5.41 Å². The highest BCUT2D eigenvalue weighted by Crippen LogP contribution is 2.55. The van der Waals surface area contributed by atoms with Crippen molar-refractivity contribution in [3.8, 4) is 44.5 Å². The lowest BCUT2D eigenvalue weighted by atomic mass is 9.80. The standard InChI is InChI=1S/C55H36S/c1-55(2)48-32-36-15-4-3-14-35(36)30-46(48)45-26-28-50-53(54(45)55)47-31-37(25-27-49(47)56-50)34-17-11-18-38(29-34)51-41-20-7-9-22-43(41)52(44-23-10-8-21-42(44)51)40-24-12-16-33-13-5-6-19-39(33)40/h3-32H,1-2H3. The largest absolute Gasteiger partial charge is 0.135 e. The van der Waals surface area contributed by atoms with Gasteiger partial charge in [0.15, 0.2) is 0 Å². The number of hydrogen-bond acceptors (Lipinski definition) is 1. The van der Waals surface area contributed by atoms with Gasteiger partial charge in [-0.15, -0.1) is 11.3 Å². The summed E-state index contributed by atoms with van der Waals surface area (Å²) in [6, 6.07) is 68.2. The van der Waals surface area contributed by atoms with E-state index < -0.39 is 0 Å². The van der Waals surface area contributed by atoms with Gasteiger partial charge in [-0.05, 0) is 135 Å². The van der Waals surface area contributed by atoms with Gasteiger partial charge < -0.3 is 0 Å². The molecule has 56 heavy (non-hydrogen) atoms. The molecule has 12 rings (SSSR count). The first-order chi connectivity index (χ1) is 27.5. The van der Waals surface area contributed by atoms with E-state index in [4.69, 9.17) is 0 Å². The summed E-state index contributed by atoms with van der Waals surface area (Å²) in [5.41, 5.74) is 13.1. The van der Waals surface area contributed by atoms with E-state index in [9.17, 15) is 0 Å². The van der Waals surface area contributed by atoms with E-state index in [1.165, 1.54) is 119 Å². The van der Waals surface area contributed by atoms with E-state index in [0.29, 0.717) is 0 Å². The van der Waals surface area contributed by atoms with Crippen molar-refractivity contribution in [2.45, 2.75) is 19.3 Å². The third kappa shape index (κ3) is 4.47. The minimum Gasteiger partial charge on any atom is -0.135 e. The Labute approximate surface area is 329 Å². The van der Waals surface area contributed by atoms with Crippen molar-refractivity contribution in [2.24, 2.45) is 0 Å². The number of hydrogen-bond donors (Lipinski definition) is 0. The molecule has 1 aliphatic rings. The summed E-state index contributed by atoms with van der Waals surface area (Å²) in [6.07, 6.45) is 0. The minimum absolute atomic E-state index is 0.113. The van der Waals surface area contributed by atoms with Crippen LogP contribution in [0.1, 0.15) is 25.0 Å². The summed E-state index contributed by atoms with van der Waals surface area (Å²) in [6.45, 7) is 4.84. The van der Waals surface area contributed by atoms with Crippen LogP contribution in [0.4, 0.5) is 0 Å². The summed E-state index contributed by atoms with van der Waals surface area (Å²) >= 11 is 1.92. The predicted molar refractivity (Wildman–Crippen MR) is 243 cm³/mol. The fraction of sp³-hybridized carbons (Fsp3) is 0.0545. The summed E-state index contributed by atoms with van der Waals surface area (Å²) in [5.74, 6) is 0. The first-order valence-corrected chi connectivity index (χ1v) is 20.4. The van der Waals surface area contributed by atoms with Crippen molar-refractivity contribution in [1.82, 2.24) is 0 Å². The topological polar surface area (TPSA) is 0 Å². The molecule has 1 heterocycles. The normalized spacial score (nSPS) is 13.3. The average Bonchev–Trinajstić information content (AvgIpc) is 3.72. The number of thiophene rings is 1. The monoisotopic (exact) mass is 728 g/mol. The third-order valence-electron chi connectivity index (χ3n) is 12.6. The van der Waals surface area contributed by atoms with Crippen LogP contribution in [0.2, 0.25) is 0 Å². The first kappa shape index (κ1) is 31.8. The second kappa shape index (κ2) is 11.7. The van der Waals surface area contributed by atoms with Crippen LogP contribution in [0.25, 0.3) is 108 Å². The maximum absolute atomic E-state index is 2.46. The molecular formula is C55H36S. The quantitative estimate of drug-likeness (QED) is 0.159. The Bertz CT molecular complexity index is 3390. The SMILES string of the molecule is CC1(C)c2cc3ccccc3cc2-c2ccc3sc4ccc(-c5cccc(-c6c7ccccc7c(-c7cccc8ccccc78)c7ccccc67)c5)cc4c3c21. The van der Waals surface area contributed by atoms with Gasteiger partial charge >= 0.3 is 0 Å². The van der Waals surface area contributed by atoms with Crippen LogP contribution in [-0.4, -0.2) is 0 Å². The molecule has 262 valence electrons. The molecular weight excluding hydrogens is 693 g/mol. The molecule has 0 unspecified atom stereocenters. The molecule has 0 radical (unpaired) electrons. The van der Waals surface area contributed by atoms with Gasteiger partial charge in [0, 0.05) is 25.6 Å². The van der Waals surface area contributed by atoms with Crippen molar-refractivity contribution in [2.75, 3.05) is 0 Å². The molecule has 0 fully saturated rings. The molecule has 0 bridgehead atoms. The average molecular weight is 729 g/mol. The molecule has 10 aromatic carbocycles. The van der Waals surface area contributed by atoms with Gasteiger partial charge in [-0.3, -0.25) is 0 Å². The lowest BCUT2D eigenvalue weighted by Crippen LogP contribution is -2.15. The first-order valence-electron chi connectivity index (χ1n) is 19.6. The highest BCUT2D eigenvalue weighted by Gasteiger charge is 2.38. The second-order valence-electron chi connectivity index (χ2n) is 16.0. The second-order valence-corrected chi connectivity index (χ2v) is 17.1. The molecule has 0 atom stereocenters. The van der Waals surface area contributed by atoms with E-state index in [1.807, 2.05) is 11.3 Å². The van der Waals surface area contributed by atoms with Gasteiger partial charge in [-0.25, -0.2) is 0 Å². The number of fused-ring (bicyclic) bond motifs is 11. The van der Waals surface area contributed by atoms with Gasteiger partial charge in [0.2, 0.25) is 0 Å². The van der Waals surface area contributed by atoms with Gasteiger partial charge in [-0.2, -0.15) is 0 Å². The molecule has 0 N–H and O–H groups in total. The summed E-state index contributed by atoms with van der Waals surface area (Å²) in [7, 11) is 0. The molecule has 11 aromatic rings. The zero-order valence-corrected chi connectivity index (χ0v) is 32.0. The Kier molecular flexibility index (Phi) is 6.66. The Morgan fingerprint density at radius 1 is 0.357 bits per heavy atom. The molecule has 0 amide bonds. The Hall–Kier alpha value is -6.54. The highest BCUT2D eigenvalue weighted by molar-refractivity contribution is 7.25. The highest BCUT2D eigenvalue weighted by atomic mass is 32.1. The van der Waals surface area contributed by atoms with E-state index in [0.717, 1.165) is 0 Å². The van der Waals surface area contributed by atoms with Gasteiger partial charge in [-0.1, -0.05) is 159 Å². The zero-order valence-electron chi connectivity index (χ0n) is 31.2. The molecule has 1 heteroatoms. The van der Waals surface area contributed by atoms with E-state index >= 15 is 0 Å². The Morgan fingerprint density at radius 3 is 1.68 bits per heavy atom. The molecule has 0 saturated heterocycles. The van der Waals surface area contributed by atoms with E-state index in [2.05, 4.69) is 196 Å². The maximum atomic E-state index is 2.46. The van der Waals surface area contributed by atoms with Crippen LogP contribution in [0.5, 0.6) is 0 Å². The van der Waals surface area contributed by atoms with Crippen LogP contribution in [0.3, 0.4) is 0 Å². The molecule has 1 aliphatic carbocycles. The maximum Gasteiger partial charge on any atom is 0.0358 e. The fourth-order valence-electron chi connectivity index (χ4n) is 10.1. The third-order valence-corrected chi connectivity index (χ3v) is 13.7. The van der Waals surface area contributed by atoms with E-state index in [1.54, 1.807) is 0 Å². The summed E-state index contributed by atoms with van der Waals surface area (Å²) in [4.78, 5) is 0. The molecule has 0 spiro atoms. The zero-order chi connectivity index (χ0) is 37.1. The molecule has 0 nitrogen and oxygen atoms in total. The van der Waals surface area contributed by atoms with Crippen molar-refractivity contribution >= 4 is 74.6 Å². The van der Waals surface area contributed by atoms with E-state index in [-0.39, 0.29) is 5.41 Å². The number of benzene rings is 10. The van der Waals surface area contributed by atoms with Crippen LogP contribution < -0.4 is 0 Å². The lowest BCUT2D eigenvalue weighted by molar-refractivity contribution is 0.667. The van der Waals surface area contributed by atoms with Gasteiger partial charge in [0.25, 0.3) is 0 Å². The summed E-state index contributed by atoms with van der Waals surface area (Å²) in [5, 5.41) is 13.0.